The number of aromatic nitrogens is 4. The van der Waals surface area contributed by atoms with Gasteiger partial charge in [0.15, 0.2) is 13.6 Å². The number of fused-ring (bicyclic) bond motifs is 11. The zero-order valence-corrected chi connectivity index (χ0v) is 31.5. The van der Waals surface area contributed by atoms with Crippen LogP contribution in [0, 0.1) is 0 Å². The van der Waals surface area contributed by atoms with Crippen molar-refractivity contribution < 1.29 is 13.6 Å². The third-order valence-electron chi connectivity index (χ3n) is 13.8. The number of hydrogen-bond donors (Lipinski definition) is 0. The Morgan fingerprint density at radius 3 is 2.02 bits per heavy atom. The van der Waals surface area contributed by atoms with E-state index in [1.165, 1.54) is 75.5 Å². The van der Waals surface area contributed by atoms with Crippen LogP contribution in [0.4, 0.5) is 0 Å². The maximum Gasteiger partial charge on any atom is 0.311 e. The molecule has 1 spiro atoms. The van der Waals surface area contributed by atoms with E-state index in [0.717, 1.165) is 33.3 Å². The summed E-state index contributed by atoms with van der Waals surface area (Å²) >= 11 is 0. The molecule has 0 N–H and O–H groups in total. The summed E-state index contributed by atoms with van der Waals surface area (Å²) in [4.78, 5) is 0. The highest BCUT2D eigenvalue weighted by Gasteiger charge is 2.68. The average molecular weight is 743 g/mol. The number of pyridine rings is 2. The van der Waals surface area contributed by atoms with Gasteiger partial charge in [0.2, 0.25) is 0 Å². The van der Waals surface area contributed by atoms with Gasteiger partial charge < -0.3 is 4.42 Å². The summed E-state index contributed by atoms with van der Waals surface area (Å²) < 4.78 is 16.8. The molecule has 7 aromatic carbocycles. The summed E-state index contributed by atoms with van der Waals surface area (Å²) in [6, 6.07) is 61.6. The van der Waals surface area contributed by atoms with Gasteiger partial charge in [-0.3, -0.25) is 0 Å². The highest BCUT2D eigenvalue weighted by atomic mass is 28.3. The molecule has 3 aliphatic heterocycles. The van der Waals surface area contributed by atoms with E-state index in [1.54, 1.807) is 0 Å². The first-order valence-electron chi connectivity index (χ1n) is 19.8. The van der Waals surface area contributed by atoms with Gasteiger partial charge in [0, 0.05) is 44.5 Å². The van der Waals surface area contributed by atoms with E-state index in [9.17, 15) is 0 Å². The molecule has 0 aliphatic carbocycles. The molecule has 1 unspecified atom stereocenters. The summed E-state index contributed by atoms with van der Waals surface area (Å²) in [5.41, 5.74) is 8.83. The van der Waals surface area contributed by atoms with Gasteiger partial charge in [-0.05, 0) is 57.1 Å². The normalized spacial score (nSPS) is 17.0. The molecule has 0 saturated carbocycles. The smallest absolute Gasteiger partial charge is 0.311 e. The Morgan fingerprint density at radius 1 is 0.491 bits per heavy atom. The number of nitrogens with zero attached hydrogens (tertiary/aromatic N) is 4. The first-order valence-corrected chi connectivity index (χ1v) is 21.8. The molecular weight excluding hydrogens is 713 g/mol. The molecule has 3 aliphatic rings. The number of rotatable bonds is 2. The highest BCUT2D eigenvalue weighted by molar-refractivity contribution is 7.20. The largest absolute Gasteiger partial charge is 0.456 e. The van der Waals surface area contributed by atoms with Crippen molar-refractivity contribution in [1.82, 2.24) is 8.97 Å². The van der Waals surface area contributed by atoms with Gasteiger partial charge in [-0.1, -0.05) is 115 Å². The fourth-order valence-electron chi connectivity index (χ4n) is 11.9. The second-order valence-electron chi connectivity index (χ2n) is 16.1. The lowest BCUT2D eigenvalue weighted by atomic mass is 9.85. The quantitative estimate of drug-likeness (QED) is 0.103. The van der Waals surface area contributed by atoms with Crippen LogP contribution in [0.5, 0.6) is 0 Å². The van der Waals surface area contributed by atoms with Gasteiger partial charge in [-0.2, -0.15) is 18.1 Å². The summed E-state index contributed by atoms with van der Waals surface area (Å²) in [5, 5.41) is 14.4. The Kier molecular flexibility index (Phi) is 4.87. The molecule has 0 fully saturated rings. The molecule has 12 aromatic rings. The van der Waals surface area contributed by atoms with Crippen LogP contribution in [0.3, 0.4) is 0 Å². The van der Waals surface area contributed by atoms with E-state index >= 15 is 0 Å². The number of benzene rings is 7. The summed E-state index contributed by atoms with van der Waals surface area (Å²) in [5.74, 6) is 1.16. The van der Waals surface area contributed by atoms with Crippen molar-refractivity contribution in [3.05, 3.63) is 194 Å². The zero-order valence-electron chi connectivity index (χ0n) is 30.5. The minimum atomic E-state index is -2.99. The lowest BCUT2D eigenvalue weighted by Gasteiger charge is -2.45. The van der Waals surface area contributed by atoms with E-state index in [4.69, 9.17) is 4.42 Å². The lowest BCUT2D eigenvalue weighted by Crippen LogP contribution is -2.86. The van der Waals surface area contributed by atoms with Crippen molar-refractivity contribution >= 4 is 99.9 Å². The third-order valence-corrected chi connectivity index (χ3v) is 18.7. The molecule has 262 valence electrons. The number of para-hydroxylation sites is 2. The van der Waals surface area contributed by atoms with Crippen LogP contribution in [0.2, 0.25) is 0 Å². The van der Waals surface area contributed by atoms with Crippen molar-refractivity contribution in [2.45, 2.75) is 5.66 Å². The topological polar surface area (TPSA) is 30.2 Å². The molecule has 1 atom stereocenters. The summed E-state index contributed by atoms with van der Waals surface area (Å²) in [6.07, 6.45) is 6.97. The fourth-order valence-corrected chi connectivity index (χ4v) is 17.1. The average Bonchev–Trinajstić information content (AvgIpc) is 4.04. The van der Waals surface area contributed by atoms with E-state index in [1.807, 2.05) is 0 Å². The number of hydrogen-bond acceptors (Lipinski definition) is 1. The Hall–Kier alpha value is -7.28. The van der Waals surface area contributed by atoms with Crippen LogP contribution >= 0.6 is 0 Å². The maximum absolute atomic E-state index is 6.54. The molecule has 0 saturated heterocycles. The van der Waals surface area contributed by atoms with Crippen molar-refractivity contribution in [2.75, 3.05) is 0 Å². The van der Waals surface area contributed by atoms with Crippen LogP contribution in [0.1, 0.15) is 11.1 Å². The molecule has 6 heteroatoms. The minimum Gasteiger partial charge on any atom is -0.456 e. The predicted octanol–water partition coefficient (Wildman–Crippen LogP) is 7.43. The van der Waals surface area contributed by atoms with Gasteiger partial charge in [0.25, 0.3) is 11.5 Å². The Bertz CT molecular complexity index is 3780. The number of imidazole rings is 1. The summed E-state index contributed by atoms with van der Waals surface area (Å²) in [6.45, 7) is 0. The van der Waals surface area contributed by atoms with Crippen LogP contribution in [0.25, 0.3) is 76.9 Å². The Balaban J connectivity index is 1.26. The third kappa shape index (κ3) is 2.99. The molecule has 57 heavy (non-hydrogen) atoms. The molecule has 15 rings (SSSR count). The van der Waals surface area contributed by atoms with Crippen LogP contribution in [-0.2, 0) is 5.66 Å². The Morgan fingerprint density at radius 2 is 1.19 bits per heavy atom. The lowest BCUT2D eigenvalue weighted by molar-refractivity contribution is -0.956. The number of furan rings is 1. The van der Waals surface area contributed by atoms with E-state index < -0.39 is 13.7 Å². The monoisotopic (exact) mass is 742 g/mol. The standard InChI is InChI=1S/C51H30N4OSi/c1-3-13-31(14-4-1)57(32-15-5-2-6-16-32)43-24-22-35-37-29-38-34-18-8-10-20-41(34)56-42(38)30-40(37)52-27-28-54-50(52)46(35)47(43)51(54)48-44(57)25-23-36-33-17-7-9-19-39(33)55(49(36)48)45-21-11-12-26-53(45)51/h1-30H/q+2. The molecule has 0 bridgehead atoms. The van der Waals surface area contributed by atoms with Gasteiger partial charge in [0.1, 0.15) is 34.6 Å². The SMILES string of the molecule is c1ccc([Si]2(c3ccccc3)c3ccc4c5cc6c(cc5n5cc[n+]7c5c4c3C73c4c2ccc2c5ccccc5n(c42)-c2cccc[n+]23)oc2ccccc26)cc1. The second-order valence-corrected chi connectivity index (χ2v) is 19.8. The van der Waals surface area contributed by atoms with Gasteiger partial charge in [0.05, 0.1) is 22.7 Å². The van der Waals surface area contributed by atoms with Crippen LogP contribution < -0.4 is 29.9 Å². The van der Waals surface area contributed by atoms with Crippen LogP contribution in [0.15, 0.2) is 187 Å². The van der Waals surface area contributed by atoms with Crippen LogP contribution in [-0.4, -0.2) is 17.0 Å². The van der Waals surface area contributed by atoms with Crippen molar-refractivity contribution in [1.29, 1.82) is 0 Å². The first kappa shape index (κ1) is 29.1. The molecule has 0 radical (unpaired) electrons. The van der Waals surface area contributed by atoms with Gasteiger partial charge in [-0.15, -0.1) is 0 Å². The minimum absolute atomic E-state index is 0.689. The first-order chi connectivity index (χ1) is 28.3. The Labute approximate surface area is 326 Å². The maximum atomic E-state index is 6.54. The van der Waals surface area contributed by atoms with Crippen molar-refractivity contribution in [2.24, 2.45) is 0 Å². The molecule has 8 heterocycles. The second kappa shape index (κ2) is 9.56. The fraction of sp³-hybridized carbons (Fsp3) is 0.0196. The van der Waals surface area contributed by atoms with E-state index in [2.05, 4.69) is 200 Å². The molecular formula is C51H30N4OSi+2. The van der Waals surface area contributed by atoms with E-state index in [-0.39, 0.29) is 0 Å². The summed E-state index contributed by atoms with van der Waals surface area (Å²) in [7, 11) is -2.99. The van der Waals surface area contributed by atoms with Gasteiger partial charge in [-0.25, -0.2) is 0 Å². The highest BCUT2D eigenvalue weighted by Crippen LogP contribution is 2.50. The molecule has 0 amide bonds. The zero-order chi connectivity index (χ0) is 36.8. The van der Waals surface area contributed by atoms with E-state index in [0.29, 0.717) is 0 Å². The molecule has 5 nitrogen and oxygen atoms in total. The predicted molar refractivity (Wildman–Crippen MR) is 230 cm³/mol. The van der Waals surface area contributed by atoms with Crippen molar-refractivity contribution in [3.8, 4) is 5.82 Å². The molecule has 5 aromatic heterocycles. The van der Waals surface area contributed by atoms with Gasteiger partial charge >= 0.3 is 5.66 Å². The van der Waals surface area contributed by atoms with Crippen molar-refractivity contribution in [3.63, 3.8) is 0 Å².